The summed E-state index contributed by atoms with van der Waals surface area (Å²) in [5.41, 5.74) is 0.0124. The number of sulfonamides is 1. The minimum absolute atomic E-state index is 0.00497. The van der Waals surface area contributed by atoms with E-state index in [1.165, 1.54) is 11.6 Å². The first-order valence-corrected chi connectivity index (χ1v) is 12.0. The number of amides is 1. The number of aryl methyl sites for hydroxylation is 1. The van der Waals surface area contributed by atoms with Crippen molar-refractivity contribution in [2.45, 2.75) is 49.7 Å². The van der Waals surface area contributed by atoms with E-state index in [9.17, 15) is 26.4 Å². The molecule has 174 valence electrons. The average Bonchev–Trinajstić information content (AvgIpc) is 2.78. The Morgan fingerprint density at radius 3 is 2.28 bits per heavy atom. The molecule has 1 fully saturated rings. The van der Waals surface area contributed by atoms with E-state index in [2.05, 4.69) is 5.32 Å². The van der Waals surface area contributed by atoms with Crippen LogP contribution in [0.2, 0.25) is 0 Å². The van der Waals surface area contributed by atoms with Gasteiger partial charge in [-0.05, 0) is 50.3 Å². The van der Waals surface area contributed by atoms with Gasteiger partial charge in [0.05, 0.1) is 10.5 Å². The minimum Gasteiger partial charge on any atom is -0.353 e. The number of alkyl halides is 3. The molecule has 0 spiro atoms. The smallest absolute Gasteiger partial charge is 0.353 e. The topological polar surface area (TPSA) is 66.5 Å². The van der Waals surface area contributed by atoms with Gasteiger partial charge in [-0.2, -0.15) is 17.5 Å². The zero-order valence-corrected chi connectivity index (χ0v) is 18.6. The van der Waals surface area contributed by atoms with Gasteiger partial charge in [-0.15, -0.1) is 0 Å². The summed E-state index contributed by atoms with van der Waals surface area (Å²) in [4.78, 5) is 11.9. The zero-order valence-electron chi connectivity index (χ0n) is 17.8. The lowest BCUT2D eigenvalue weighted by atomic mass is 9.96. The Morgan fingerprint density at radius 2 is 1.66 bits per heavy atom. The van der Waals surface area contributed by atoms with E-state index in [1.807, 2.05) is 37.3 Å². The second kappa shape index (κ2) is 10.0. The Bertz CT molecular complexity index is 1020. The lowest BCUT2D eigenvalue weighted by Gasteiger charge is -2.31. The van der Waals surface area contributed by atoms with Crippen molar-refractivity contribution in [3.05, 3.63) is 65.7 Å². The molecule has 2 aromatic rings. The summed E-state index contributed by atoms with van der Waals surface area (Å²) in [5, 5.41) is 2.98. The van der Waals surface area contributed by atoms with Crippen molar-refractivity contribution in [2.75, 3.05) is 13.1 Å². The van der Waals surface area contributed by atoms with Crippen molar-refractivity contribution in [1.29, 1.82) is 0 Å². The quantitative estimate of drug-likeness (QED) is 0.661. The Kier molecular flexibility index (Phi) is 7.61. The molecule has 1 heterocycles. The highest BCUT2D eigenvalue weighted by atomic mass is 32.2. The number of hydrogen-bond acceptors (Lipinski definition) is 3. The van der Waals surface area contributed by atoms with Gasteiger partial charge in [0.15, 0.2) is 0 Å². The van der Waals surface area contributed by atoms with Crippen LogP contribution in [0, 0.1) is 5.92 Å². The normalized spacial score (nSPS) is 17.1. The van der Waals surface area contributed by atoms with Crippen LogP contribution in [0.15, 0.2) is 59.5 Å². The molecule has 0 bridgehead atoms. The Morgan fingerprint density at radius 1 is 1.06 bits per heavy atom. The molecule has 1 N–H and O–H groups in total. The fourth-order valence-electron chi connectivity index (χ4n) is 3.88. The number of rotatable bonds is 7. The maximum absolute atomic E-state index is 13.3. The standard InChI is InChI=1S/C23H27F3N2O3S/c1-17(11-12-18-7-3-2-4-8-18)27-22(29)19-13-15-28(16-14-19)32(30,31)21-10-6-5-9-20(21)23(24,25)26/h2-10,17,19H,11-16H2,1H3,(H,27,29)/t17-/m0/s1. The van der Waals surface area contributed by atoms with Crippen molar-refractivity contribution in [1.82, 2.24) is 9.62 Å². The number of hydrogen-bond donors (Lipinski definition) is 1. The number of halogens is 3. The van der Waals surface area contributed by atoms with Gasteiger partial charge in [0.2, 0.25) is 15.9 Å². The lowest BCUT2D eigenvalue weighted by molar-refractivity contribution is -0.139. The number of carbonyl (C=O) groups is 1. The number of carbonyl (C=O) groups excluding carboxylic acids is 1. The van der Waals surface area contributed by atoms with Gasteiger partial charge in [0.25, 0.3) is 0 Å². The molecule has 9 heteroatoms. The second-order valence-corrected chi connectivity index (χ2v) is 10.0. The van der Waals surface area contributed by atoms with E-state index in [0.29, 0.717) is 0 Å². The van der Waals surface area contributed by atoms with Gasteiger partial charge in [0.1, 0.15) is 0 Å². The van der Waals surface area contributed by atoms with Gasteiger partial charge in [-0.1, -0.05) is 42.5 Å². The summed E-state index contributed by atoms with van der Waals surface area (Å²) in [7, 11) is -4.31. The van der Waals surface area contributed by atoms with Crippen LogP contribution in [-0.4, -0.2) is 37.8 Å². The van der Waals surface area contributed by atoms with Crippen LogP contribution in [0.3, 0.4) is 0 Å². The highest BCUT2D eigenvalue weighted by Crippen LogP contribution is 2.36. The molecule has 0 saturated carbocycles. The molecule has 1 aliphatic heterocycles. The van der Waals surface area contributed by atoms with E-state index in [-0.39, 0.29) is 43.8 Å². The molecule has 1 amide bonds. The molecule has 5 nitrogen and oxygen atoms in total. The van der Waals surface area contributed by atoms with E-state index in [4.69, 9.17) is 0 Å². The zero-order chi connectivity index (χ0) is 23.4. The number of benzene rings is 2. The van der Waals surface area contributed by atoms with Crippen LogP contribution in [0.5, 0.6) is 0 Å². The maximum Gasteiger partial charge on any atom is 0.417 e. The fourth-order valence-corrected chi connectivity index (χ4v) is 5.57. The predicted molar refractivity (Wildman–Crippen MR) is 115 cm³/mol. The first-order valence-electron chi connectivity index (χ1n) is 10.6. The highest BCUT2D eigenvalue weighted by Gasteiger charge is 2.40. The summed E-state index contributed by atoms with van der Waals surface area (Å²) >= 11 is 0. The molecule has 1 saturated heterocycles. The van der Waals surface area contributed by atoms with Crippen LogP contribution in [0.25, 0.3) is 0 Å². The second-order valence-electron chi connectivity index (χ2n) is 8.11. The molecule has 0 aromatic heterocycles. The Balaban J connectivity index is 1.56. The fraction of sp³-hybridized carbons (Fsp3) is 0.435. The molecule has 32 heavy (non-hydrogen) atoms. The van der Waals surface area contributed by atoms with E-state index in [1.54, 1.807) is 0 Å². The predicted octanol–water partition coefficient (Wildman–Crippen LogP) is 4.24. The van der Waals surface area contributed by atoms with Crippen molar-refractivity contribution >= 4 is 15.9 Å². The third-order valence-corrected chi connectivity index (χ3v) is 7.69. The molecule has 0 radical (unpaired) electrons. The molecule has 1 atom stereocenters. The van der Waals surface area contributed by atoms with Gasteiger partial charge in [-0.3, -0.25) is 4.79 Å². The molecular weight excluding hydrogens is 441 g/mol. The molecule has 2 aromatic carbocycles. The molecule has 3 rings (SSSR count). The summed E-state index contributed by atoms with van der Waals surface area (Å²) in [6.07, 6.45) is -2.62. The molecule has 0 unspecified atom stereocenters. The number of nitrogens with zero attached hydrogens (tertiary/aromatic N) is 1. The highest BCUT2D eigenvalue weighted by molar-refractivity contribution is 7.89. The third-order valence-electron chi connectivity index (χ3n) is 5.73. The Hall–Kier alpha value is -2.39. The van der Waals surface area contributed by atoms with Gasteiger partial charge < -0.3 is 5.32 Å². The van der Waals surface area contributed by atoms with Crippen LogP contribution in [0.1, 0.15) is 37.3 Å². The molecule has 1 aliphatic rings. The molecular formula is C23H27F3N2O3S. The van der Waals surface area contributed by atoms with Gasteiger partial charge in [0, 0.05) is 25.0 Å². The van der Waals surface area contributed by atoms with Crippen LogP contribution in [-0.2, 0) is 27.4 Å². The van der Waals surface area contributed by atoms with Crippen molar-refractivity contribution < 1.29 is 26.4 Å². The third kappa shape index (κ3) is 5.89. The first kappa shape index (κ1) is 24.3. The average molecular weight is 469 g/mol. The van der Waals surface area contributed by atoms with E-state index < -0.39 is 26.7 Å². The lowest BCUT2D eigenvalue weighted by Crippen LogP contribution is -2.45. The monoisotopic (exact) mass is 468 g/mol. The van der Waals surface area contributed by atoms with Crippen LogP contribution >= 0.6 is 0 Å². The van der Waals surface area contributed by atoms with Crippen molar-refractivity contribution in [3.8, 4) is 0 Å². The minimum atomic E-state index is -4.77. The van der Waals surface area contributed by atoms with Crippen molar-refractivity contribution in [3.63, 3.8) is 0 Å². The Labute approximate surface area is 186 Å². The molecule has 0 aliphatic carbocycles. The van der Waals surface area contributed by atoms with Crippen molar-refractivity contribution in [2.24, 2.45) is 5.92 Å². The summed E-state index contributed by atoms with van der Waals surface area (Å²) in [6.45, 7) is 1.94. The summed E-state index contributed by atoms with van der Waals surface area (Å²) in [5.74, 6) is -0.503. The van der Waals surface area contributed by atoms with E-state index in [0.717, 1.165) is 35.3 Å². The number of piperidine rings is 1. The first-order chi connectivity index (χ1) is 15.1. The SMILES string of the molecule is C[C@@H](CCc1ccccc1)NC(=O)C1CCN(S(=O)(=O)c2ccccc2C(F)(F)F)CC1. The summed E-state index contributed by atoms with van der Waals surface area (Å²) in [6, 6.07) is 14.1. The maximum atomic E-state index is 13.3. The van der Waals surface area contributed by atoms with Gasteiger partial charge in [-0.25, -0.2) is 8.42 Å². The van der Waals surface area contributed by atoms with E-state index >= 15 is 0 Å². The largest absolute Gasteiger partial charge is 0.417 e. The summed E-state index contributed by atoms with van der Waals surface area (Å²) < 4.78 is 66.6. The number of nitrogens with one attached hydrogen (secondary N) is 1. The van der Waals surface area contributed by atoms with Gasteiger partial charge >= 0.3 is 6.18 Å². The van der Waals surface area contributed by atoms with Crippen LogP contribution in [0.4, 0.5) is 13.2 Å². The van der Waals surface area contributed by atoms with Crippen LogP contribution < -0.4 is 5.32 Å².